The fourth-order valence-electron chi connectivity index (χ4n) is 1.87. The molecule has 2 nitrogen and oxygen atoms in total. The predicted octanol–water partition coefficient (Wildman–Crippen LogP) is 2.95. The van der Waals surface area contributed by atoms with Crippen LogP contribution < -0.4 is 5.32 Å². The van der Waals surface area contributed by atoms with Gasteiger partial charge in [-0.25, -0.2) is 0 Å². The molecule has 0 fully saturated rings. The monoisotopic (exact) mass is 215 g/mol. The maximum atomic E-state index is 9.23. The zero-order chi connectivity index (χ0) is 11.7. The Morgan fingerprint density at radius 1 is 1.13 bits per heavy atom. The van der Waals surface area contributed by atoms with Crippen LogP contribution in [0.5, 0.6) is 0 Å². The van der Waals surface area contributed by atoms with Gasteiger partial charge in [0.25, 0.3) is 0 Å². The van der Waals surface area contributed by atoms with Crippen LogP contribution in [0, 0.1) is 5.92 Å². The van der Waals surface area contributed by atoms with Gasteiger partial charge in [-0.05, 0) is 39.2 Å². The third kappa shape index (κ3) is 10.2. The molecule has 0 aromatic heterocycles. The van der Waals surface area contributed by atoms with Crippen molar-refractivity contribution in [3.05, 3.63) is 0 Å². The lowest BCUT2D eigenvalue weighted by Crippen LogP contribution is -2.31. The van der Waals surface area contributed by atoms with E-state index in [0.29, 0.717) is 12.0 Å². The topological polar surface area (TPSA) is 32.3 Å². The maximum absolute atomic E-state index is 9.23. The minimum absolute atomic E-state index is 0.169. The highest BCUT2D eigenvalue weighted by Crippen LogP contribution is 2.06. The Hall–Kier alpha value is -0.0800. The molecule has 0 rings (SSSR count). The van der Waals surface area contributed by atoms with Crippen molar-refractivity contribution in [1.29, 1.82) is 0 Å². The molecule has 0 saturated carbocycles. The Labute approximate surface area is 95.5 Å². The van der Waals surface area contributed by atoms with Crippen molar-refractivity contribution in [2.75, 3.05) is 6.54 Å². The number of hydrogen-bond acceptors (Lipinski definition) is 2. The van der Waals surface area contributed by atoms with E-state index >= 15 is 0 Å². The van der Waals surface area contributed by atoms with Crippen molar-refractivity contribution in [3.63, 3.8) is 0 Å². The van der Waals surface area contributed by atoms with Crippen LogP contribution in [-0.2, 0) is 0 Å². The van der Waals surface area contributed by atoms with Crippen molar-refractivity contribution in [2.45, 2.75) is 71.9 Å². The molecule has 0 aromatic carbocycles. The lowest BCUT2D eigenvalue weighted by molar-refractivity contribution is 0.162. The molecule has 0 aliphatic carbocycles. The van der Waals surface area contributed by atoms with Crippen LogP contribution in [-0.4, -0.2) is 23.8 Å². The molecule has 3 atom stereocenters. The highest BCUT2D eigenvalue weighted by Gasteiger charge is 2.07. The molecule has 0 aliphatic rings. The molecule has 0 amide bonds. The van der Waals surface area contributed by atoms with Gasteiger partial charge in [-0.2, -0.15) is 0 Å². The first-order valence-electron chi connectivity index (χ1n) is 6.47. The first kappa shape index (κ1) is 14.9. The van der Waals surface area contributed by atoms with Gasteiger partial charge in [0.2, 0.25) is 0 Å². The second-order valence-electron chi connectivity index (χ2n) is 4.99. The Balaban J connectivity index is 3.39. The van der Waals surface area contributed by atoms with Crippen molar-refractivity contribution >= 4 is 0 Å². The van der Waals surface area contributed by atoms with Gasteiger partial charge in [-0.1, -0.05) is 33.1 Å². The summed E-state index contributed by atoms with van der Waals surface area (Å²) >= 11 is 0. The summed E-state index contributed by atoms with van der Waals surface area (Å²) in [6, 6.07) is 0.619. The van der Waals surface area contributed by atoms with Gasteiger partial charge in [0.05, 0.1) is 6.10 Å². The Bertz CT molecular complexity index is 136. The minimum atomic E-state index is -0.169. The first-order chi connectivity index (χ1) is 7.06. The minimum Gasteiger partial charge on any atom is -0.393 e. The van der Waals surface area contributed by atoms with Crippen molar-refractivity contribution in [1.82, 2.24) is 5.32 Å². The number of hydrogen-bond donors (Lipinski definition) is 2. The lowest BCUT2D eigenvalue weighted by atomic mass is 10.0. The van der Waals surface area contributed by atoms with E-state index in [0.717, 1.165) is 13.0 Å². The number of aliphatic hydroxyl groups is 1. The highest BCUT2D eigenvalue weighted by atomic mass is 16.3. The molecule has 2 heteroatoms. The van der Waals surface area contributed by atoms with Crippen LogP contribution in [0.25, 0.3) is 0 Å². The van der Waals surface area contributed by atoms with Gasteiger partial charge in [0.1, 0.15) is 0 Å². The summed E-state index contributed by atoms with van der Waals surface area (Å²) in [6.45, 7) is 9.57. The van der Waals surface area contributed by atoms with E-state index in [1.807, 2.05) is 6.92 Å². The molecule has 0 spiro atoms. The van der Waals surface area contributed by atoms with Gasteiger partial charge in [-0.15, -0.1) is 0 Å². The van der Waals surface area contributed by atoms with Gasteiger partial charge in [-0.3, -0.25) is 0 Å². The van der Waals surface area contributed by atoms with Crippen molar-refractivity contribution in [2.24, 2.45) is 5.92 Å². The Morgan fingerprint density at radius 2 is 1.80 bits per heavy atom. The van der Waals surface area contributed by atoms with E-state index in [-0.39, 0.29) is 6.10 Å². The normalized spacial score (nSPS) is 17.4. The molecule has 92 valence electrons. The van der Waals surface area contributed by atoms with Crippen LogP contribution in [0.15, 0.2) is 0 Å². The zero-order valence-corrected chi connectivity index (χ0v) is 10.9. The summed E-state index contributed by atoms with van der Waals surface area (Å²) in [7, 11) is 0. The van der Waals surface area contributed by atoms with E-state index < -0.39 is 0 Å². The second-order valence-corrected chi connectivity index (χ2v) is 4.99. The van der Waals surface area contributed by atoms with Gasteiger partial charge < -0.3 is 10.4 Å². The molecule has 15 heavy (non-hydrogen) atoms. The number of aliphatic hydroxyl groups excluding tert-OH is 1. The largest absolute Gasteiger partial charge is 0.393 e. The van der Waals surface area contributed by atoms with E-state index in [2.05, 4.69) is 26.1 Å². The van der Waals surface area contributed by atoms with Crippen molar-refractivity contribution in [3.8, 4) is 0 Å². The molecule has 2 N–H and O–H groups in total. The summed E-state index contributed by atoms with van der Waals surface area (Å²) in [5.41, 5.74) is 0. The molecule has 3 unspecified atom stereocenters. The SMILES string of the molecule is CCCCCC(C)NCC(C)CC(C)O. The van der Waals surface area contributed by atoms with Crippen LogP contribution in [0.4, 0.5) is 0 Å². The summed E-state index contributed by atoms with van der Waals surface area (Å²) in [4.78, 5) is 0. The maximum Gasteiger partial charge on any atom is 0.0515 e. The van der Waals surface area contributed by atoms with Crippen LogP contribution in [0.1, 0.15) is 59.8 Å². The molecule has 0 bridgehead atoms. The highest BCUT2D eigenvalue weighted by molar-refractivity contribution is 4.65. The molecule has 0 aliphatic heterocycles. The van der Waals surface area contributed by atoms with Crippen LogP contribution in [0.2, 0.25) is 0 Å². The Kier molecular flexibility index (Phi) is 9.12. The number of unbranched alkanes of at least 4 members (excludes halogenated alkanes) is 2. The smallest absolute Gasteiger partial charge is 0.0515 e. The average molecular weight is 215 g/mol. The van der Waals surface area contributed by atoms with Gasteiger partial charge in [0, 0.05) is 6.04 Å². The predicted molar refractivity (Wildman–Crippen MR) is 67.1 cm³/mol. The molecule has 0 saturated heterocycles. The van der Waals surface area contributed by atoms with Crippen LogP contribution >= 0.6 is 0 Å². The third-order valence-electron chi connectivity index (χ3n) is 2.80. The van der Waals surface area contributed by atoms with Crippen molar-refractivity contribution < 1.29 is 5.11 Å². The summed E-state index contributed by atoms with van der Waals surface area (Å²) < 4.78 is 0. The fourth-order valence-corrected chi connectivity index (χ4v) is 1.87. The standard InChI is InChI=1S/C13H29NO/c1-5-6-7-8-12(3)14-10-11(2)9-13(4)15/h11-15H,5-10H2,1-4H3. The summed E-state index contributed by atoms with van der Waals surface area (Å²) in [5.74, 6) is 0.568. The first-order valence-corrected chi connectivity index (χ1v) is 6.47. The molecular formula is C13H29NO. The number of nitrogens with one attached hydrogen (secondary N) is 1. The van der Waals surface area contributed by atoms with Gasteiger partial charge >= 0.3 is 0 Å². The third-order valence-corrected chi connectivity index (χ3v) is 2.80. The fraction of sp³-hybridized carbons (Fsp3) is 1.00. The molecule has 0 heterocycles. The molecule has 0 radical (unpaired) electrons. The van der Waals surface area contributed by atoms with E-state index in [1.54, 1.807) is 0 Å². The van der Waals surface area contributed by atoms with E-state index in [1.165, 1.54) is 25.7 Å². The van der Waals surface area contributed by atoms with Crippen LogP contribution in [0.3, 0.4) is 0 Å². The van der Waals surface area contributed by atoms with Gasteiger partial charge in [0.15, 0.2) is 0 Å². The average Bonchev–Trinajstić information content (AvgIpc) is 2.14. The summed E-state index contributed by atoms with van der Waals surface area (Å²) in [6.07, 6.45) is 5.97. The second kappa shape index (κ2) is 9.17. The zero-order valence-electron chi connectivity index (χ0n) is 10.9. The molecule has 0 aromatic rings. The summed E-state index contributed by atoms with van der Waals surface area (Å²) in [5, 5.41) is 12.8. The lowest BCUT2D eigenvalue weighted by Gasteiger charge is -2.18. The van der Waals surface area contributed by atoms with E-state index in [9.17, 15) is 5.11 Å². The Morgan fingerprint density at radius 3 is 2.33 bits per heavy atom. The van der Waals surface area contributed by atoms with E-state index in [4.69, 9.17) is 0 Å². The number of rotatable bonds is 9. The quantitative estimate of drug-likeness (QED) is 0.580. The molecular weight excluding hydrogens is 186 g/mol.